The van der Waals surface area contributed by atoms with Crippen LogP contribution in [0, 0.1) is 10.1 Å². The SMILES string of the molecule is O=c1[nH]c(-c2ccccc2)c([N+](=O)[O-])s1. The number of rotatable bonds is 2. The first-order valence-corrected chi connectivity index (χ1v) is 4.93. The Labute approximate surface area is 88.2 Å². The minimum absolute atomic E-state index is 0.147. The first-order chi connectivity index (χ1) is 7.18. The molecule has 0 amide bonds. The Morgan fingerprint density at radius 2 is 1.93 bits per heavy atom. The van der Waals surface area contributed by atoms with E-state index in [1.54, 1.807) is 30.3 Å². The average molecular weight is 222 g/mol. The van der Waals surface area contributed by atoms with Crippen LogP contribution in [0.15, 0.2) is 35.1 Å². The lowest BCUT2D eigenvalue weighted by Crippen LogP contribution is -1.92. The molecule has 76 valence electrons. The number of nitro groups is 1. The summed E-state index contributed by atoms with van der Waals surface area (Å²) in [5.74, 6) is 0. The van der Waals surface area contributed by atoms with Gasteiger partial charge in [-0.1, -0.05) is 30.3 Å². The third-order valence-corrected chi connectivity index (χ3v) is 2.69. The molecule has 6 heteroatoms. The van der Waals surface area contributed by atoms with Gasteiger partial charge in [0.1, 0.15) is 5.69 Å². The van der Waals surface area contributed by atoms with Crippen molar-refractivity contribution < 1.29 is 4.92 Å². The van der Waals surface area contributed by atoms with E-state index in [-0.39, 0.29) is 10.7 Å². The lowest BCUT2D eigenvalue weighted by atomic mass is 10.2. The van der Waals surface area contributed by atoms with Crippen molar-refractivity contribution in [2.24, 2.45) is 0 Å². The molecule has 2 aromatic rings. The van der Waals surface area contributed by atoms with E-state index >= 15 is 0 Å². The fourth-order valence-corrected chi connectivity index (χ4v) is 1.92. The van der Waals surface area contributed by atoms with Crippen LogP contribution in [0.3, 0.4) is 0 Å². The van der Waals surface area contributed by atoms with Crippen LogP contribution in [0.1, 0.15) is 0 Å². The molecule has 0 saturated heterocycles. The summed E-state index contributed by atoms with van der Waals surface area (Å²) in [5.41, 5.74) is 0.915. The summed E-state index contributed by atoms with van der Waals surface area (Å²) in [7, 11) is 0. The van der Waals surface area contributed by atoms with Crippen molar-refractivity contribution in [2.75, 3.05) is 0 Å². The second-order valence-electron chi connectivity index (χ2n) is 2.82. The minimum atomic E-state index is -0.551. The van der Waals surface area contributed by atoms with Crippen LogP contribution in [-0.4, -0.2) is 9.91 Å². The Bertz CT molecular complexity index is 544. The average Bonchev–Trinajstić information content (AvgIpc) is 2.62. The van der Waals surface area contributed by atoms with Crippen LogP contribution in [0.5, 0.6) is 0 Å². The number of thiazole rings is 1. The summed E-state index contributed by atoms with van der Waals surface area (Å²) >= 11 is 0.607. The summed E-state index contributed by atoms with van der Waals surface area (Å²) in [6.45, 7) is 0. The maximum Gasteiger partial charge on any atom is 0.353 e. The van der Waals surface area contributed by atoms with Crippen LogP contribution in [0.25, 0.3) is 11.3 Å². The molecule has 1 N–H and O–H groups in total. The Morgan fingerprint density at radius 3 is 2.53 bits per heavy atom. The summed E-state index contributed by atoms with van der Waals surface area (Å²) in [5, 5.41) is 10.5. The Kier molecular flexibility index (Phi) is 2.34. The van der Waals surface area contributed by atoms with Gasteiger partial charge in [0.2, 0.25) is 0 Å². The third kappa shape index (κ3) is 1.79. The van der Waals surface area contributed by atoms with E-state index in [1.165, 1.54) is 0 Å². The number of nitrogens with zero attached hydrogens (tertiary/aromatic N) is 1. The molecule has 0 fully saturated rings. The highest BCUT2D eigenvalue weighted by molar-refractivity contribution is 7.13. The number of hydrogen-bond acceptors (Lipinski definition) is 4. The molecule has 0 unspecified atom stereocenters. The highest BCUT2D eigenvalue weighted by Gasteiger charge is 2.19. The maximum absolute atomic E-state index is 11.0. The lowest BCUT2D eigenvalue weighted by molar-refractivity contribution is -0.379. The van der Waals surface area contributed by atoms with Crippen LogP contribution in [-0.2, 0) is 0 Å². The zero-order valence-electron chi connectivity index (χ0n) is 7.47. The molecule has 0 spiro atoms. The monoisotopic (exact) mass is 222 g/mol. The van der Waals surface area contributed by atoms with Gasteiger partial charge in [0, 0.05) is 5.56 Å². The summed E-state index contributed by atoms with van der Waals surface area (Å²) in [4.78, 5) is 23.2. The van der Waals surface area contributed by atoms with Crippen LogP contribution < -0.4 is 4.87 Å². The minimum Gasteiger partial charge on any atom is -0.306 e. The van der Waals surface area contributed by atoms with Crippen molar-refractivity contribution in [3.63, 3.8) is 0 Å². The molecule has 15 heavy (non-hydrogen) atoms. The Morgan fingerprint density at radius 1 is 1.27 bits per heavy atom. The predicted octanol–water partition coefficient (Wildman–Crippen LogP) is 2.01. The van der Waals surface area contributed by atoms with Gasteiger partial charge in [0.25, 0.3) is 0 Å². The molecule has 1 heterocycles. The van der Waals surface area contributed by atoms with Gasteiger partial charge >= 0.3 is 9.87 Å². The van der Waals surface area contributed by atoms with Gasteiger partial charge in [-0.2, -0.15) is 0 Å². The molecule has 1 aromatic carbocycles. The zero-order valence-corrected chi connectivity index (χ0v) is 8.28. The van der Waals surface area contributed by atoms with Crippen LogP contribution in [0.4, 0.5) is 5.00 Å². The molecule has 0 aliphatic heterocycles. The van der Waals surface area contributed by atoms with Gasteiger partial charge in [-0.25, -0.2) is 0 Å². The van der Waals surface area contributed by atoms with E-state index < -0.39 is 9.80 Å². The van der Waals surface area contributed by atoms with Crippen molar-refractivity contribution in [1.29, 1.82) is 0 Å². The van der Waals surface area contributed by atoms with E-state index in [0.717, 1.165) is 0 Å². The molecule has 0 atom stereocenters. The van der Waals surface area contributed by atoms with Gasteiger partial charge in [0.05, 0.1) is 4.92 Å². The molecule has 0 radical (unpaired) electrons. The first-order valence-electron chi connectivity index (χ1n) is 4.11. The Balaban J connectivity index is 2.63. The van der Waals surface area contributed by atoms with Gasteiger partial charge in [-0.15, -0.1) is 0 Å². The second kappa shape index (κ2) is 3.66. The fourth-order valence-electron chi connectivity index (χ4n) is 1.25. The van der Waals surface area contributed by atoms with Gasteiger partial charge in [-0.3, -0.25) is 14.9 Å². The number of aromatic nitrogens is 1. The summed E-state index contributed by atoms with van der Waals surface area (Å²) in [6.07, 6.45) is 0. The third-order valence-electron chi connectivity index (χ3n) is 1.86. The number of nitrogens with one attached hydrogen (secondary N) is 1. The normalized spacial score (nSPS) is 10.1. The van der Waals surface area contributed by atoms with E-state index in [0.29, 0.717) is 16.9 Å². The lowest BCUT2D eigenvalue weighted by Gasteiger charge is -1.95. The molecule has 2 rings (SSSR count). The number of hydrogen-bond donors (Lipinski definition) is 1. The number of H-pyrrole nitrogens is 1. The first kappa shape index (κ1) is 9.60. The summed E-state index contributed by atoms with van der Waals surface area (Å²) < 4.78 is 0. The van der Waals surface area contributed by atoms with Crippen molar-refractivity contribution in [3.05, 3.63) is 50.1 Å². The van der Waals surface area contributed by atoms with E-state index in [4.69, 9.17) is 0 Å². The Hall–Kier alpha value is -1.95. The maximum atomic E-state index is 11.0. The predicted molar refractivity (Wildman–Crippen MR) is 57.0 cm³/mol. The smallest absolute Gasteiger partial charge is 0.306 e. The molecular weight excluding hydrogens is 216 g/mol. The van der Waals surface area contributed by atoms with E-state index in [9.17, 15) is 14.9 Å². The van der Waals surface area contributed by atoms with Crippen LogP contribution in [0.2, 0.25) is 0 Å². The second-order valence-corrected chi connectivity index (χ2v) is 3.78. The number of benzene rings is 1. The topological polar surface area (TPSA) is 76.0 Å². The van der Waals surface area contributed by atoms with Gasteiger partial charge in [0.15, 0.2) is 0 Å². The van der Waals surface area contributed by atoms with Gasteiger partial charge < -0.3 is 4.98 Å². The van der Waals surface area contributed by atoms with E-state index in [2.05, 4.69) is 4.98 Å². The quantitative estimate of drug-likeness (QED) is 0.623. The fraction of sp³-hybridized carbons (Fsp3) is 0. The molecule has 1 aromatic heterocycles. The van der Waals surface area contributed by atoms with Crippen LogP contribution >= 0.6 is 11.3 Å². The van der Waals surface area contributed by atoms with Gasteiger partial charge in [-0.05, 0) is 11.3 Å². The number of aromatic amines is 1. The highest BCUT2D eigenvalue weighted by atomic mass is 32.1. The van der Waals surface area contributed by atoms with Crippen molar-refractivity contribution in [3.8, 4) is 11.3 Å². The highest BCUT2D eigenvalue weighted by Crippen LogP contribution is 2.29. The zero-order chi connectivity index (χ0) is 10.8. The van der Waals surface area contributed by atoms with E-state index in [1.807, 2.05) is 0 Å². The molecule has 0 saturated carbocycles. The van der Waals surface area contributed by atoms with Crippen molar-refractivity contribution in [2.45, 2.75) is 0 Å². The molecule has 0 aliphatic rings. The standard InChI is InChI=1S/C9H6N2O3S/c12-9-10-7(8(15-9)11(13)14)6-4-2-1-3-5-6/h1-5H,(H,10,12). The largest absolute Gasteiger partial charge is 0.353 e. The molecular formula is C9H6N2O3S. The molecule has 0 aliphatic carbocycles. The molecule has 0 bridgehead atoms. The van der Waals surface area contributed by atoms with Crippen molar-refractivity contribution in [1.82, 2.24) is 4.98 Å². The molecule has 5 nitrogen and oxygen atoms in total. The van der Waals surface area contributed by atoms with Crippen molar-refractivity contribution >= 4 is 16.3 Å². The summed E-state index contributed by atoms with van der Waals surface area (Å²) in [6, 6.07) is 8.75.